The van der Waals surface area contributed by atoms with E-state index in [2.05, 4.69) is 15.0 Å². The Labute approximate surface area is 160 Å². The van der Waals surface area contributed by atoms with E-state index in [0.717, 1.165) is 0 Å². The van der Waals surface area contributed by atoms with Crippen molar-refractivity contribution in [2.45, 2.75) is 62.6 Å². The van der Waals surface area contributed by atoms with Gasteiger partial charge in [0.05, 0.1) is 25.4 Å². The van der Waals surface area contributed by atoms with Gasteiger partial charge in [0.15, 0.2) is 17.7 Å². The number of anilines is 1. The second-order valence-electron chi connectivity index (χ2n) is 7.21. The van der Waals surface area contributed by atoms with Crippen molar-refractivity contribution in [3.05, 3.63) is 12.7 Å². The van der Waals surface area contributed by atoms with Gasteiger partial charge in [-0.1, -0.05) is 6.92 Å². The number of fused-ring (bicyclic) bond motifs is 2. The van der Waals surface area contributed by atoms with E-state index in [-0.39, 0.29) is 18.8 Å². The quantitative estimate of drug-likeness (QED) is 0.626. The third kappa shape index (κ3) is 2.57. The molecule has 2 saturated heterocycles. The van der Waals surface area contributed by atoms with Gasteiger partial charge in [-0.05, 0) is 13.3 Å². The van der Waals surface area contributed by atoms with Gasteiger partial charge in [-0.3, -0.25) is 4.57 Å². The van der Waals surface area contributed by atoms with Crippen LogP contribution in [0.4, 0.5) is 5.82 Å². The van der Waals surface area contributed by atoms with Crippen LogP contribution in [0.25, 0.3) is 11.2 Å². The zero-order chi connectivity index (χ0) is 20.1. The molecule has 4 rings (SSSR count). The van der Waals surface area contributed by atoms with Crippen LogP contribution >= 0.6 is 0 Å². The van der Waals surface area contributed by atoms with Crippen molar-refractivity contribution in [2.24, 2.45) is 0 Å². The van der Waals surface area contributed by atoms with Crippen molar-refractivity contribution >= 4 is 17.0 Å². The van der Waals surface area contributed by atoms with Crippen LogP contribution in [0, 0.1) is 11.3 Å². The molecule has 2 aliphatic rings. The molecule has 4 heterocycles. The van der Waals surface area contributed by atoms with Crippen LogP contribution in [0.15, 0.2) is 12.7 Å². The summed E-state index contributed by atoms with van der Waals surface area (Å²) in [5.41, 5.74) is 5.30. The fourth-order valence-electron chi connectivity index (χ4n) is 3.77. The lowest BCUT2D eigenvalue weighted by molar-refractivity contribution is -0.293. The maximum absolute atomic E-state index is 10.9. The van der Waals surface area contributed by atoms with Gasteiger partial charge >= 0.3 is 0 Å². The maximum Gasteiger partial charge on any atom is 0.211 e. The van der Waals surface area contributed by atoms with E-state index in [1.807, 2.05) is 6.07 Å². The fraction of sp³-hybridized carbons (Fsp3) is 0.647. The first kappa shape index (κ1) is 19.0. The molecule has 2 aromatic heterocycles. The number of hydrogen-bond acceptors (Lipinski definition) is 10. The topological polar surface area (TPSA) is 162 Å². The highest BCUT2D eigenvalue weighted by atomic mass is 16.8. The van der Waals surface area contributed by atoms with Gasteiger partial charge in [-0.25, -0.2) is 15.0 Å². The molecule has 0 aliphatic carbocycles. The van der Waals surface area contributed by atoms with Gasteiger partial charge in [0, 0.05) is 0 Å². The molecule has 0 radical (unpaired) electrons. The van der Waals surface area contributed by atoms with Crippen molar-refractivity contribution in [3.8, 4) is 6.07 Å². The SMILES string of the molecule is CCC(C)(O)C1(CC#N)OC2C(O1)[C@@H](CO)O[C@H]2n1cnc2c(N)ncnc21. The van der Waals surface area contributed by atoms with Crippen LogP contribution in [0.2, 0.25) is 0 Å². The van der Waals surface area contributed by atoms with E-state index in [0.29, 0.717) is 17.6 Å². The van der Waals surface area contributed by atoms with Crippen LogP contribution in [0.3, 0.4) is 0 Å². The molecule has 28 heavy (non-hydrogen) atoms. The smallest absolute Gasteiger partial charge is 0.211 e. The van der Waals surface area contributed by atoms with Crippen LogP contribution in [-0.4, -0.2) is 66.0 Å². The predicted octanol–water partition coefficient (Wildman–Crippen LogP) is -0.147. The number of ether oxygens (including phenoxy) is 3. The number of rotatable bonds is 5. The summed E-state index contributed by atoms with van der Waals surface area (Å²) in [6.45, 7) is 3.03. The minimum absolute atomic E-state index is 0.175. The third-order valence-electron chi connectivity index (χ3n) is 5.60. The van der Waals surface area contributed by atoms with E-state index in [9.17, 15) is 15.5 Å². The normalized spacial score (nSPS) is 34.2. The van der Waals surface area contributed by atoms with Gasteiger partial charge < -0.3 is 30.2 Å². The van der Waals surface area contributed by atoms with Crippen LogP contribution in [0.5, 0.6) is 0 Å². The van der Waals surface area contributed by atoms with Gasteiger partial charge in [0.2, 0.25) is 5.79 Å². The van der Waals surface area contributed by atoms with Crippen LogP contribution in [0.1, 0.15) is 32.9 Å². The molecular formula is C17H22N6O5. The van der Waals surface area contributed by atoms with Crippen molar-refractivity contribution in [1.82, 2.24) is 19.5 Å². The summed E-state index contributed by atoms with van der Waals surface area (Å²) in [5.74, 6) is -1.31. The molecule has 2 fully saturated rings. The average Bonchev–Trinajstić information content (AvgIpc) is 3.34. The van der Waals surface area contributed by atoms with Gasteiger partial charge in [0.1, 0.15) is 35.8 Å². The zero-order valence-corrected chi connectivity index (χ0v) is 15.5. The molecule has 2 aliphatic heterocycles. The molecule has 0 aromatic carbocycles. The Morgan fingerprint density at radius 1 is 1.36 bits per heavy atom. The Bertz CT molecular complexity index is 926. The van der Waals surface area contributed by atoms with Crippen molar-refractivity contribution < 1.29 is 24.4 Å². The molecule has 11 heteroatoms. The molecule has 0 spiro atoms. The van der Waals surface area contributed by atoms with Gasteiger partial charge in [-0.15, -0.1) is 0 Å². The minimum Gasteiger partial charge on any atom is -0.394 e. The highest BCUT2D eigenvalue weighted by Crippen LogP contribution is 2.49. The van der Waals surface area contributed by atoms with Crippen molar-refractivity contribution in [3.63, 3.8) is 0 Å². The Morgan fingerprint density at radius 2 is 2.11 bits per heavy atom. The molecule has 4 N–H and O–H groups in total. The first-order chi connectivity index (χ1) is 13.4. The van der Waals surface area contributed by atoms with Gasteiger partial charge in [-0.2, -0.15) is 5.26 Å². The Balaban J connectivity index is 1.76. The highest BCUT2D eigenvalue weighted by molar-refractivity contribution is 5.81. The Morgan fingerprint density at radius 3 is 2.79 bits per heavy atom. The van der Waals surface area contributed by atoms with Crippen LogP contribution in [-0.2, 0) is 14.2 Å². The van der Waals surface area contributed by atoms with E-state index in [4.69, 9.17) is 19.9 Å². The third-order valence-corrected chi connectivity index (χ3v) is 5.60. The average molecular weight is 390 g/mol. The van der Waals surface area contributed by atoms with E-state index >= 15 is 0 Å². The number of aliphatic hydroxyl groups excluding tert-OH is 1. The lowest BCUT2D eigenvalue weighted by Crippen LogP contribution is -2.54. The number of imidazole rings is 1. The van der Waals surface area contributed by atoms with E-state index in [1.165, 1.54) is 12.7 Å². The summed E-state index contributed by atoms with van der Waals surface area (Å²) in [7, 11) is 0. The summed E-state index contributed by atoms with van der Waals surface area (Å²) < 4.78 is 19.8. The largest absolute Gasteiger partial charge is 0.394 e. The lowest BCUT2D eigenvalue weighted by Gasteiger charge is -2.40. The second kappa shape index (κ2) is 6.61. The summed E-state index contributed by atoms with van der Waals surface area (Å²) in [5, 5.41) is 30.0. The monoisotopic (exact) mass is 390 g/mol. The molecule has 0 saturated carbocycles. The van der Waals surface area contributed by atoms with Crippen molar-refractivity contribution in [1.29, 1.82) is 5.26 Å². The van der Waals surface area contributed by atoms with Crippen LogP contribution < -0.4 is 5.73 Å². The molecule has 0 bridgehead atoms. The van der Waals surface area contributed by atoms with E-state index in [1.54, 1.807) is 18.4 Å². The number of nitrogens with two attached hydrogens (primary N) is 1. The lowest BCUT2D eigenvalue weighted by atomic mass is 9.90. The fourth-order valence-corrected chi connectivity index (χ4v) is 3.77. The second-order valence-corrected chi connectivity index (χ2v) is 7.21. The standard InChI is InChI=1S/C17H22N6O5/c1-3-16(2,25)17(4-5-18)27-11-9(6-24)26-15(12(11)28-17)23-8-22-10-13(19)20-7-21-14(10)23/h7-9,11-12,15,24-25H,3-4,6H2,1-2H3,(H2,19,20,21)/t9-,11?,12?,15-,16?,17?/m1/s1. The van der Waals surface area contributed by atoms with E-state index < -0.39 is 35.9 Å². The molecular weight excluding hydrogens is 368 g/mol. The molecule has 4 unspecified atom stereocenters. The van der Waals surface area contributed by atoms with Gasteiger partial charge in [0.25, 0.3) is 0 Å². The number of hydrogen-bond donors (Lipinski definition) is 3. The summed E-state index contributed by atoms with van der Waals surface area (Å²) in [6.07, 6.45) is 0.125. The molecule has 0 amide bonds. The molecule has 6 atom stereocenters. The first-order valence-electron chi connectivity index (χ1n) is 9.01. The Hall–Kier alpha value is -2.36. The molecule has 2 aromatic rings. The minimum atomic E-state index is -1.54. The maximum atomic E-state index is 10.9. The number of nitrogen functional groups attached to an aromatic ring is 1. The molecule has 150 valence electrons. The number of aromatic nitrogens is 4. The predicted molar refractivity (Wildman–Crippen MR) is 94.4 cm³/mol. The summed E-state index contributed by atoms with van der Waals surface area (Å²) in [6, 6.07) is 2.03. The number of nitriles is 1. The highest BCUT2D eigenvalue weighted by Gasteiger charge is 2.64. The Kier molecular flexibility index (Phi) is 4.48. The number of nitrogens with zero attached hydrogens (tertiary/aromatic N) is 5. The summed E-state index contributed by atoms with van der Waals surface area (Å²) in [4.78, 5) is 12.4. The number of aliphatic hydroxyl groups is 2. The zero-order valence-electron chi connectivity index (χ0n) is 15.5. The molecule has 11 nitrogen and oxygen atoms in total. The first-order valence-corrected chi connectivity index (χ1v) is 9.01. The van der Waals surface area contributed by atoms with Crippen molar-refractivity contribution in [2.75, 3.05) is 12.3 Å². The summed E-state index contributed by atoms with van der Waals surface area (Å²) >= 11 is 0.